The molecule has 0 aliphatic rings. The van der Waals surface area contributed by atoms with Crippen LogP contribution in [0.25, 0.3) is 0 Å². The van der Waals surface area contributed by atoms with Crippen LogP contribution < -0.4 is 11.5 Å². The third-order valence-electron chi connectivity index (χ3n) is 1.85. The van der Waals surface area contributed by atoms with Gasteiger partial charge in [0.05, 0.1) is 0 Å². The van der Waals surface area contributed by atoms with E-state index in [4.69, 9.17) is 11.5 Å². The number of nitrogens with two attached hydrogens (primary N) is 2. The summed E-state index contributed by atoms with van der Waals surface area (Å²) in [6, 6.07) is -0.713. The van der Waals surface area contributed by atoms with Crippen molar-refractivity contribution in [1.82, 2.24) is 4.98 Å². The number of pyridine rings is 1. The summed E-state index contributed by atoms with van der Waals surface area (Å²) >= 11 is 0. The average Bonchev–Trinajstić information content (AvgIpc) is 2.07. The highest BCUT2D eigenvalue weighted by Crippen LogP contribution is 2.30. The first-order chi connectivity index (χ1) is 6.32. The summed E-state index contributed by atoms with van der Waals surface area (Å²) in [5.74, 6) is 0.211. The van der Waals surface area contributed by atoms with E-state index in [1.807, 2.05) is 0 Å². The van der Waals surface area contributed by atoms with E-state index in [2.05, 4.69) is 4.98 Å². The lowest BCUT2D eigenvalue weighted by molar-refractivity contribution is -0.149. The number of alkyl halides is 3. The van der Waals surface area contributed by atoms with Crippen LogP contribution >= 0.6 is 0 Å². The molecule has 3 nitrogen and oxygen atoms in total. The van der Waals surface area contributed by atoms with Crippen molar-refractivity contribution < 1.29 is 13.2 Å². The van der Waals surface area contributed by atoms with Gasteiger partial charge < -0.3 is 11.5 Å². The van der Waals surface area contributed by atoms with E-state index in [-0.39, 0.29) is 11.4 Å². The van der Waals surface area contributed by atoms with Gasteiger partial charge in [-0.05, 0) is 24.1 Å². The van der Waals surface area contributed by atoms with Crippen molar-refractivity contribution in [3.63, 3.8) is 0 Å². The first kappa shape index (κ1) is 10.8. The lowest BCUT2D eigenvalue weighted by Crippen LogP contribution is -2.28. The van der Waals surface area contributed by atoms with E-state index < -0.39 is 12.2 Å². The molecular weight excluding hydrogens is 195 g/mol. The number of aromatic nitrogens is 1. The Morgan fingerprint density at radius 2 is 2.00 bits per heavy atom. The van der Waals surface area contributed by atoms with Crippen LogP contribution in [0.15, 0.2) is 12.3 Å². The number of aryl methyl sites for hydroxylation is 1. The molecular formula is C8H10F3N3. The summed E-state index contributed by atoms with van der Waals surface area (Å²) in [7, 11) is 0. The van der Waals surface area contributed by atoms with Crippen LogP contribution in [0.4, 0.5) is 19.0 Å². The first-order valence-electron chi connectivity index (χ1n) is 3.86. The molecule has 1 unspecified atom stereocenters. The van der Waals surface area contributed by atoms with Crippen molar-refractivity contribution in [1.29, 1.82) is 0 Å². The largest absolute Gasteiger partial charge is 0.407 e. The summed E-state index contributed by atoms with van der Waals surface area (Å²) < 4.78 is 36.5. The summed E-state index contributed by atoms with van der Waals surface area (Å²) in [6.07, 6.45) is -3.41. The van der Waals surface area contributed by atoms with Crippen molar-refractivity contribution >= 4 is 5.82 Å². The second kappa shape index (κ2) is 3.45. The van der Waals surface area contributed by atoms with Gasteiger partial charge in [-0.1, -0.05) is 0 Å². The number of nitrogen functional groups attached to an aromatic ring is 1. The Balaban J connectivity index is 3.03. The quantitative estimate of drug-likeness (QED) is 0.730. The number of rotatable bonds is 1. The number of halogens is 3. The molecule has 0 saturated heterocycles. The molecule has 6 heteroatoms. The van der Waals surface area contributed by atoms with Gasteiger partial charge >= 0.3 is 6.18 Å². The van der Waals surface area contributed by atoms with E-state index in [1.54, 1.807) is 6.92 Å². The van der Waals surface area contributed by atoms with Crippen LogP contribution in [0.2, 0.25) is 0 Å². The van der Waals surface area contributed by atoms with Gasteiger partial charge in [0.25, 0.3) is 0 Å². The number of hydrogen-bond acceptors (Lipinski definition) is 3. The van der Waals surface area contributed by atoms with Gasteiger partial charge in [0.15, 0.2) is 0 Å². The van der Waals surface area contributed by atoms with Crippen LogP contribution in [0, 0.1) is 6.92 Å². The second-order valence-corrected chi connectivity index (χ2v) is 2.99. The van der Waals surface area contributed by atoms with Crippen molar-refractivity contribution in [2.75, 3.05) is 5.73 Å². The molecule has 0 aromatic carbocycles. The number of hydrogen-bond donors (Lipinski definition) is 2. The smallest absolute Gasteiger partial charge is 0.383 e. The SMILES string of the molecule is Cc1cc(C(N)C(F)(F)F)cnc1N. The maximum atomic E-state index is 12.2. The minimum atomic E-state index is -4.45. The molecule has 0 fully saturated rings. The fraction of sp³-hybridized carbons (Fsp3) is 0.375. The molecule has 0 spiro atoms. The van der Waals surface area contributed by atoms with E-state index in [0.29, 0.717) is 5.56 Å². The zero-order valence-corrected chi connectivity index (χ0v) is 7.47. The molecule has 0 bridgehead atoms. The van der Waals surface area contributed by atoms with Crippen LogP contribution in [-0.4, -0.2) is 11.2 Å². The van der Waals surface area contributed by atoms with Gasteiger partial charge in [-0.15, -0.1) is 0 Å². The Morgan fingerprint density at radius 3 is 2.43 bits per heavy atom. The van der Waals surface area contributed by atoms with Crippen molar-refractivity contribution in [3.8, 4) is 0 Å². The van der Waals surface area contributed by atoms with E-state index in [0.717, 1.165) is 6.20 Å². The molecule has 1 aromatic heterocycles. The zero-order chi connectivity index (χ0) is 10.9. The molecule has 0 saturated carbocycles. The van der Waals surface area contributed by atoms with Crippen LogP contribution in [-0.2, 0) is 0 Å². The first-order valence-corrected chi connectivity index (χ1v) is 3.86. The van der Waals surface area contributed by atoms with Gasteiger partial charge in [0, 0.05) is 6.20 Å². The zero-order valence-electron chi connectivity index (χ0n) is 7.47. The van der Waals surface area contributed by atoms with E-state index >= 15 is 0 Å². The molecule has 14 heavy (non-hydrogen) atoms. The second-order valence-electron chi connectivity index (χ2n) is 2.99. The molecule has 1 rings (SSSR count). The minimum Gasteiger partial charge on any atom is -0.383 e. The fourth-order valence-corrected chi connectivity index (χ4v) is 0.966. The maximum absolute atomic E-state index is 12.2. The molecule has 4 N–H and O–H groups in total. The molecule has 1 aromatic rings. The summed E-state index contributed by atoms with van der Waals surface area (Å²) in [4.78, 5) is 3.61. The maximum Gasteiger partial charge on any atom is 0.407 e. The van der Waals surface area contributed by atoms with E-state index in [1.165, 1.54) is 6.07 Å². The number of anilines is 1. The molecule has 1 atom stereocenters. The Labute approximate surface area is 78.9 Å². The van der Waals surface area contributed by atoms with Gasteiger partial charge in [-0.3, -0.25) is 0 Å². The molecule has 0 aliphatic heterocycles. The van der Waals surface area contributed by atoms with Gasteiger partial charge in [-0.25, -0.2) is 4.98 Å². The molecule has 0 amide bonds. The van der Waals surface area contributed by atoms with Crippen molar-refractivity contribution in [3.05, 3.63) is 23.4 Å². The standard InChI is InChI=1S/C8H10F3N3/c1-4-2-5(3-14-7(4)13)6(12)8(9,10)11/h2-3,6H,12H2,1H3,(H2,13,14). The highest BCUT2D eigenvalue weighted by molar-refractivity contribution is 5.40. The summed E-state index contributed by atoms with van der Waals surface area (Å²) in [5.41, 5.74) is 10.8. The Morgan fingerprint density at radius 1 is 1.43 bits per heavy atom. The minimum absolute atomic E-state index is 0.0794. The fourth-order valence-electron chi connectivity index (χ4n) is 0.966. The Hall–Kier alpha value is -1.30. The topological polar surface area (TPSA) is 64.9 Å². The van der Waals surface area contributed by atoms with Gasteiger partial charge in [-0.2, -0.15) is 13.2 Å². The third kappa shape index (κ3) is 2.14. The monoisotopic (exact) mass is 205 g/mol. The van der Waals surface area contributed by atoms with Crippen molar-refractivity contribution in [2.24, 2.45) is 5.73 Å². The van der Waals surface area contributed by atoms with Gasteiger partial charge in [0.2, 0.25) is 0 Å². The predicted octanol–water partition coefficient (Wildman–Crippen LogP) is 1.53. The van der Waals surface area contributed by atoms with Crippen molar-refractivity contribution in [2.45, 2.75) is 19.1 Å². The highest BCUT2D eigenvalue weighted by Gasteiger charge is 2.38. The third-order valence-corrected chi connectivity index (χ3v) is 1.85. The summed E-state index contributed by atoms with van der Waals surface area (Å²) in [6.45, 7) is 1.58. The predicted molar refractivity (Wildman–Crippen MR) is 46.4 cm³/mol. The van der Waals surface area contributed by atoms with Crippen LogP contribution in [0.3, 0.4) is 0 Å². The molecule has 1 heterocycles. The molecule has 0 radical (unpaired) electrons. The van der Waals surface area contributed by atoms with Crippen LogP contribution in [0.1, 0.15) is 17.2 Å². The van der Waals surface area contributed by atoms with Gasteiger partial charge in [0.1, 0.15) is 11.9 Å². The summed E-state index contributed by atoms with van der Waals surface area (Å²) in [5, 5.41) is 0. The normalized spacial score (nSPS) is 14.1. The lowest BCUT2D eigenvalue weighted by atomic mass is 10.1. The highest BCUT2D eigenvalue weighted by atomic mass is 19.4. The average molecular weight is 205 g/mol. The lowest BCUT2D eigenvalue weighted by Gasteiger charge is -2.16. The van der Waals surface area contributed by atoms with Crippen LogP contribution in [0.5, 0.6) is 0 Å². The Bertz CT molecular complexity index is 335. The Kier molecular flexibility index (Phi) is 2.66. The molecule has 0 aliphatic carbocycles. The van der Waals surface area contributed by atoms with E-state index in [9.17, 15) is 13.2 Å². The number of nitrogens with zero attached hydrogens (tertiary/aromatic N) is 1. The molecule has 78 valence electrons.